The van der Waals surface area contributed by atoms with E-state index in [1.54, 1.807) is 30.3 Å². The Hall–Kier alpha value is -2.79. The van der Waals surface area contributed by atoms with Crippen LogP contribution in [0.4, 0.5) is 4.39 Å². The molecule has 0 radical (unpaired) electrons. The number of alkyl halides is 1. The predicted molar refractivity (Wildman–Crippen MR) is 100 cm³/mol. The number of carbonyl (C=O) groups excluding carboxylic acids is 2. The number of aromatic amines is 1. The molecule has 0 bridgehead atoms. The Bertz CT molecular complexity index is 1020. The smallest absolute Gasteiger partial charge is 0.338 e. The number of halogens is 2. The van der Waals surface area contributed by atoms with Crippen LogP contribution in [-0.4, -0.2) is 46.5 Å². The molecule has 0 saturated carbocycles. The molecule has 3 rings (SSSR count). The molecule has 1 aliphatic rings. The van der Waals surface area contributed by atoms with E-state index in [1.165, 1.54) is 0 Å². The van der Waals surface area contributed by atoms with Crippen molar-refractivity contribution in [2.45, 2.75) is 31.5 Å². The first-order chi connectivity index (χ1) is 13.8. The highest BCUT2D eigenvalue weighted by Gasteiger charge is 2.49. The van der Waals surface area contributed by atoms with Gasteiger partial charge in [0.15, 0.2) is 18.5 Å². The SMILES string of the molecule is CC(=O)O[C@H]1[C@H](F)[C@H](n2cc(Br)c(=O)[nH]c2=O)O[C@@H]1COC(=O)c1ccccc1. The summed E-state index contributed by atoms with van der Waals surface area (Å²) in [6, 6.07) is 8.11. The van der Waals surface area contributed by atoms with Gasteiger partial charge in [0.1, 0.15) is 12.7 Å². The van der Waals surface area contributed by atoms with E-state index >= 15 is 0 Å². The number of hydrogen-bond donors (Lipinski definition) is 1. The molecule has 1 aromatic carbocycles. The van der Waals surface area contributed by atoms with Gasteiger partial charge in [-0.3, -0.25) is 19.1 Å². The number of esters is 2. The zero-order valence-corrected chi connectivity index (χ0v) is 16.6. The highest BCUT2D eigenvalue weighted by molar-refractivity contribution is 9.10. The lowest BCUT2D eigenvalue weighted by atomic mass is 10.1. The van der Waals surface area contributed by atoms with Crippen molar-refractivity contribution in [3.05, 3.63) is 67.4 Å². The van der Waals surface area contributed by atoms with Crippen molar-refractivity contribution in [3.63, 3.8) is 0 Å². The van der Waals surface area contributed by atoms with Crippen molar-refractivity contribution in [2.75, 3.05) is 6.61 Å². The number of aromatic nitrogens is 2. The second-order valence-corrected chi connectivity index (χ2v) is 7.05. The molecule has 154 valence electrons. The summed E-state index contributed by atoms with van der Waals surface area (Å²) >= 11 is 2.96. The summed E-state index contributed by atoms with van der Waals surface area (Å²) < 4.78 is 31.5. The molecule has 0 aliphatic carbocycles. The van der Waals surface area contributed by atoms with Gasteiger partial charge in [0.25, 0.3) is 5.56 Å². The van der Waals surface area contributed by atoms with Crippen LogP contribution in [0, 0.1) is 0 Å². The summed E-state index contributed by atoms with van der Waals surface area (Å²) in [6.07, 6.45) is -4.96. The van der Waals surface area contributed by atoms with E-state index in [2.05, 4.69) is 15.9 Å². The van der Waals surface area contributed by atoms with Crippen LogP contribution in [0.3, 0.4) is 0 Å². The van der Waals surface area contributed by atoms with Gasteiger partial charge in [-0.1, -0.05) is 18.2 Å². The quantitative estimate of drug-likeness (QED) is 0.654. The molecule has 1 aliphatic heterocycles. The Morgan fingerprint density at radius 1 is 1.28 bits per heavy atom. The molecule has 2 aromatic rings. The van der Waals surface area contributed by atoms with Crippen LogP contribution in [-0.2, 0) is 19.0 Å². The summed E-state index contributed by atoms with van der Waals surface area (Å²) in [5.74, 6) is -1.44. The van der Waals surface area contributed by atoms with Gasteiger partial charge in [-0.25, -0.2) is 14.0 Å². The Kier molecular flexibility index (Phi) is 6.28. The number of nitrogens with zero attached hydrogens (tertiary/aromatic N) is 1. The molecule has 2 heterocycles. The lowest BCUT2D eigenvalue weighted by Gasteiger charge is -2.18. The Morgan fingerprint density at radius 2 is 1.97 bits per heavy atom. The van der Waals surface area contributed by atoms with Gasteiger partial charge in [0, 0.05) is 13.1 Å². The molecule has 9 nitrogen and oxygen atoms in total. The monoisotopic (exact) mass is 470 g/mol. The second kappa shape index (κ2) is 8.70. The van der Waals surface area contributed by atoms with Gasteiger partial charge in [0.05, 0.1) is 10.0 Å². The van der Waals surface area contributed by atoms with Crippen LogP contribution < -0.4 is 11.2 Å². The summed E-state index contributed by atoms with van der Waals surface area (Å²) in [4.78, 5) is 49.1. The van der Waals surface area contributed by atoms with Crippen LogP contribution in [0.15, 0.2) is 50.6 Å². The van der Waals surface area contributed by atoms with Crippen LogP contribution in [0.2, 0.25) is 0 Å². The third kappa shape index (κ3) is 4.62. The molecule has 0 amide bonds. The van der Waals surface area contributed by atoms with Gasteiger partial charge in [0.2, 0.25) is 0 Å². The van der Waals surface area contributed by atoms with E-state index in [4.69, 9.17) is 14.2 Å². The van der Waals surface area contributed by atoms with Gasteiger partial charge in [-0.2, -0.15) is 0 Å². The first-order valence-electron chi connectivity index (χ1n) is 8.48. The van der Waals surface area contributed by atoms with E-state index in [-0.39, 0.29) is 10.0 Å². The van der Waals surface area contributed by atoms with Crippen molar-refractivity contribution in [2.24, 2.45) is 0 Å². The fraction of sp³-hybridized carbons (Fsp3) is 0.333. The summed E-state index contributed by atoms with van der Waals surface area (Å²) in [5, 5.41) is 0. The van der Waals surface area contributed by atoms with Crippen molar-refractivity contribution in [3.8, 4) is 0 Å². The molecule has 1 aromatic heterocycles. The number of H-pyrrole nitrogens is 1. The number of rotatable bonds is 5. The maximum absolute atomic E-state index is 15.0. The van der Waals surface area contributed by atoms with Crippen molar-refractivity contribution in [1.82, 2.24) is 9.55 Å². The highest BCUT2D eigenvalue weighted by Crippen LogP contribution is 2.33. The number of hydrogen-bond acceptors (Lipinski definition) is 7. The number of benzene rings is 1. The van der Waals surface area contributed by atoms with E-state index in [0.717, 1.165) is 17.7 Å². The summed E-state index contributed by atoms with van der Waals surface area (Å²) in [5.41, 5.74) is -1.32. The molecule has 4 atom stereocenters. The fourth-order valence-electron chi connectivity index (χ4n) is 2.85. The topological polar surface area (TPSA) is 117 Å². The zero-order valence-electron chi connectivity index (χ0n) is 15.0. The molecule has 1 fully saturated rings. The van der Waals surface area contributed by atoms with Crippen LogP contribution in [0.5, 0.6) is 0 Å². The third-order valence-corrected chi connectivity index (χ3v) is 4.72. The summed E-state index contributed by atoms with van der Waals surface area (Å²) in [6.45, 7) is 0.678. The van der Waals surface area contributed by atoms with E-state index in [0.29, 0.717) is 0 Å². The minimum atomic E-state index is -1.95. The molecule has 29 heavy (non-hydrogen) atoms. The summed E-state index contributed by atoms with van der Waals surface area (Å²) in [7, 11) is 0. The minimum absolute atomic E-state index is 0.0177. The average molecular weight is 471 g/mol. The lowest BCUT2D eigenvalue weighted by Crippen LogP contribution is -2.38. The first kappa shape index (κ1) is 20.9. The van der Waals surface area contributed by atoms with Gasteiger partial charge < -0.3 is 14.2 Å². The maximum Gasteiger partial charge on any atom is 0.338 e. The largest absolute Gasteiger partial charge is 0.459 e. The first-order valence-corrected chi connectivity index (χ1v) is 9.27. The fourth-order valence-corrected chi connectivity index (χ4v) is 3.17. The van der Waals surface area contributed by atoms with Crippen molar-refractivity contribution in [1.29, 1.82) is 0 Å². The number of ether oxygens (including phenoxy) is 3. The van der Waals surface area contributed by atoms with Gasteiger partial charge >= 0.3 is 17.6 Å². The Morgan fingerprint density at radius 3 is 2.62 bits per heavy atom. The molecule has 1 N–H and O–H groups in total. The van der Waals surface area contributed by atoms with Gasteiger partial charge in [-0.05, 0) is 28.1 Å². The third-order valence-electron chi connectivity index (χ3n) is 4.16. The average Bonchev–Trinajstić information content (AvgIpc) is 2.98. The standard InChI is InChI=1S/C18H16BrFN2O7/c1-9(23)28-14-12(8-27-17(25)10-5-3-2-4-6-10)29-16(13(14)20)22-7-11(19)15(24)21-18(22)26/h2-7,12-14,16H,8H2,1H3,(H,21,24,26)/t12-,13+,14-,16-/m1/s1. The van der Waals surface area contributed by atoms with Crippen LogP contribution in [0.25, 0.3) is 0 Å². The van der Waals surface area contributed by atoms with E-state index < -0.39 is 54.4 Å². The Labute approximate surface area is 171 Å². The number of nitrogens with one attached hydrogen (secondary N) is 1. The maximum atomic E-state index is 15.0. The molecule has 11 heteroatoms. The van der Waals surface area contributed by atoms with E-state index in [1.807, 2.05) is 4.98 Å². The second-order valence-electron chi connectivity index (χ2n) is 6.19. The molecule has 0 spiro atoms. The molecular formula is C18H16BrFN2O7. The van der Waals surface area contributed by atoms with Crippen molar-refractivity contribution < 1.29 is 28.2 Å². The molecule has 0 unspecified atom stereocenters. The normalized spacial score (nSPS) is 23.6. The van der Waals surface area contributed by atoms with Crippen molar-refractivity contribution >= 4 is 27.9 Å². The molecular weight excluding hydrogens is 455 g/mol. The molecule has 1 saturated heterocycles. The number of carbonyl (C=O) groups is 2. The van der Waals surface area contributed by atoms with Crippen LogP contribution in [0.1, 0.15) is 23.5 Å². The highest BCUT2D eigenvalue weighted by atomic mass is 79.9. The minimum Gasteiger partial charge on any atom is -0.459 e. The lowest BCUT2D eigenvalue weighted by molar-refractivity contribution is -0.152. The van der Waals surface area contributed by atoms with Crippen LogP contribution >= 0.6 is 15.9 Å². The zero-order chi connectivity index (χ0) is 21.1. The van der Waals surface area contributed by atoms with Gasteiger partial charge in [-0.15, -0.1) is 0 Å². The Balaban J connectivity index is 1.81. The predicted octanol–water partition coefficient (Wildman–Crippen LogP) is 1.32. The van der Waals surface area contributed by atoms with E-state index in [9.17, 15) is 23.6 Å².